The Kier molecular flexibility index (Phi) is 7.04. The molecule has 202 valence electrons. The molecule has 0 saturated carbocycles. The molecule has 12 heteroatoms. The summed E-state index contributed by atoms with van der Waals surface area (Å²) in [7, 11) is 2.95. The van der Waals surface area contributed by atoms with Gasteiger partial charge in [-0.1, -0.05) is 29.8 Å². The highest BCUT2D eigenvalue weighted by Gasteiger charge is 2.47. The fourth-order valence-electron chi connectivity index (χ4n) is 5.04. The molecule has 3 aromatic rings. The number of amides is 1. The van der Waals surface area contributed by atoms with Crippen LogP contribution in [0.4, 0.5) is 24.7 Å². The van der Waals surface area contributed by atoms with Crippen LogP contribution in [0.25, 0.3) is 0 Å². The molecule has 8 nitrogen and oxygen atoms in total. The average molecular weight is 550 g/mol. The molecule has 3 heterocycles. The highest BCUT2D eigenvalue weighted by atomic mass is 35.5. The SMILES string of the molecule is COc1ccc([C@@H]2C[C@H](C(F)(F)F)n3ncc(C(=O)N4CCN(c5ccccc5Cl)CC4)c3N2)cc1OC. The van der Waals surface area contributed by atoms with Crippen LogP contribution >= 0.6 is 11.6 Å². The Bertz CT molecular complexity index is 1320. The number of aromatic nitrogens is 2. The van der Waals surface area contributed by atoms with Crippen molar-refractivity contribution in [1.29, 1.82) is 0 Å². The zero-order valence-corrected chi connectivity index (χ0v) is 21.6. The molecule has 1 N–H and O–H groups in total. The molecule has 38 heavy (non-hydrogen) atoms. The normalized spacial score (nSPS) is 19.5. The van der Waals surface area contributed by atoms with Crippen LogP contribution < -0.4 is 19.7 Å². The summed E-state index contributed by atoms with van der Waals surface area (Å²) in [6, 6.07) is 9.84. The van der Waals surface area contributed by atoms with Crippen molar-refractivity contribution in [2.24, 2.45) is 0 Å². The third-order valence-electron chi connectivity index (χ3n) is 7.04. The van der Waals surface area contributed by atoms with Crippen LogP contribution in [-0.2, 0) is 0 Å². The van der Waals surface area contributed by atoms with Crippen LogP contribution in [0.15, 0.2) is 48.7 Å². The first-order valence-electron chi connectivity index (χ1n) is 12.1. The highest BCUT2D eigenvalue weighted by Crippen LogP contribution is 2.45. The summed E-state index contributed by atoms with van der Waals surface area (Å²) in [6.45, 7) is 1.89. The number of piperazine rings is 1. The number of rotatable bonds is 5. The van der Waals surface area contributed by atoms with Gasteiger partial charge in [0, 0.05) is 32.6 Å². The van der Waals surface area contributed by atoms with E-state index < -0.39 is 18.3 Å². The predicted octanol–water partition coefficient (Wildman–Crippen LogP) is 5.18. The van der Waals surface area contributed by atoms with Gasteiger partial charge < -0.3 is 24.6 Å². The van der Waals surface area contributed by atoms with Crippen molar-refractivity contribution in [3.05, 3.63) is 64.8 Å². The van der Waals surface area contributed by atoms with Gasteiger partial charge in [-0.05, 0) is 29.8 Å². The largest absolute Gasteiger partial charge is 0.493 e. The van der Waals surface area contributed by atoms with Crippen LogP contribution in [-0.4, -0.2) is 67.2 Å². The molecule has 0 aliphatic carbocycles. The van der Waals surface area contributed by atoms with E-state index in [1.54, 1.807) is 23.1 Å². The molecule has 1 saturated heterocycles. The van der Waals surface area contributed by atoms with Gasteiger partial charge >= 0.3 is 6.18 Å². The summed E-state index contributed by atoms with van der Waals surface area (Å²) >= 11 is 6.32. The molecule has 2 atom stereocenters. The molecule has 1 aromatic heterocycles. The number of fused-ring (bicyclic) bond motifs is 1. The maximum atomic E-state index is 14.1. The number of hydrogen-bond acceptors (Lipinski definition) is 6. The molecule has 0 unspecified atom stereocenters. The smallest absolute Gasteiger partial charge is 0.410 e. The van der Waals surface area contributed by atoms with E-state index in [2.05, 4.69) is 15.3 Å². The topological polar surface area (TPSA) is 71.9 Å². The van der Waals surface area contributed by atoms with Crippen molar-refractivity contribution < 1.29 is 27.4 Å². The quantitative estimate of drug-likeness (QED) is 0.473. The Morgan fingerprint density at radius 3 is 2.42 bits per heavy atom. The van der Waals surface area contributed by atoms with Crippen molar-refractivity contribution in [3.8, 4) is 11.5 Å². The van der Waals surface area contributed by atoms with E-state index in [-0.39, 0.29) is 23.7 Å². The third kappa shape index (κ3) is 4.82. The van der Waals surface area contributed by atoms with E-state index in [1.165, 1.54) is 20.4 Å². The number of alkyl halides is 3. The summed E-state index contributed by atoms with van der Waals surface area (Å²) < 4.78 is 53.9. The molecular weight excluding hydrogens is 523 g/mol. The van der Waals surface area contributed by atoms with Gasteiger partial charge in [0.05, 0.1) is 37.2 Å². The zero-order chi connectivity index (χ0) is 27.0. The van der Waals surface area contributed by atoms with Gasteiger partial charge in [-0.15, -0.1) is 0 Å². The second-order valence-corrected chi connectivity index (χ2v) is 9.59. The second kappa shape index (κ2) is 10.3. The summed E-state index contributed by atoms with van der Waals surface area (Å²) in [6.07, 6.45) is -3.63. The standard InChI is InChI=1S/C26H27ClF3N5O3/c1-37-21-8-7-16(13-22(21)38-2)19-14-23(26(28,29)30)35-24(32-19)17(15-31-35)25(36)34-11-9-33(10-12-34)20-6-4-3-5-18(20)27/h3-8,13,15,19,23,32H,9-12,14H2,1-2H3/t19-,23+/m0/s1. The molecule has 0 bridgehead atoms. The number of methoxy groups -OCH3 is 2. The van der Waals surface area contributed by atoms with E-state index >= 15 is 0 Å². The molecule has 1 fully saturated rings. The summed E-state index contributed by atoms with van der Waals surface area (Å²) in [5.74, 6) is 0.557. The molecular formula is C26H27ClF3N5O3. The van der Waals surface area contributed by atoms with E-state index in [9.17, 15) is 18.0 Å². The Labute approximate surface area is 222 Å². The minimum atomic E-state index is -4.56. The van der Waals surface area contributed by atoms with Crippen molar-refractivity contribution in [1.82, 2.24) is 14.7 Å². The van der Waals surface area contributed by atoms with Crippen molar-refractivity contribution in [3.63, 3.8) is 0 Å². The minimum Gasteiger partial charge on any atom is -0.493 e. The van der Waals surface area contributed by atoms with Crippen molar-refractivity contribution >= 4 is 29.0 Å². The number of carbonyl (C=O) groups excluding carboxylic acids is 1. The minimum absolute atomic E-state index is 0.0527. The van der Waals surface area contributed by atoms with Gasteiger partial charge in [0.2, 0.25) is 0 Å². The first-order valence-corrected chi connectivity index (χ1v) is 12.5. The molecule has 5 rings (SSSR count). The number of nitrogens with one attached hydrogen (secondary N) is 1. The van der Waals surface area contributed by atoms with Crippen molar-refractivity contribution in [2.45, 2.75) is 24.7 Å². The Hall–Kier alpha value is -3.60. The summed E-state index contributed by atoms with van der Waals surface area (Å²) in [5, 5.41) is 7.77. The first kappa shape index (κ1) is 26.0. The summed E-state index contributed by atoms with van der Waals surface area (Å²) in [5.41, 5.74) is 1.57. The zero-order valence-electron chi connectivity index (χ0n) is 20.8. The van der Waals surface area contributed by atoms with Gasteiger partial charge in [-0.3, -0.25) is 4.79 Å². The van der Waals surface area contributed by atoms with Crippen LogP contribution in [0.5, 0.6) is 11.5 Å². The lowest BCUT2D eigenvalue weighted by atomic mass is 9.96. The highest BCUT2D eigenvalue weighted by molar-refractivity contribution is 6.33. The Morgan fingerprint density at radius 1 is 1.05 bits per heavy atom. The molecule has 0 radical (unpaired) electrons. The predicted molar refractivity (Wildman–Crippen MR) is 137 cm³/mol. The first-order chi connectivity index (χ1) is 18.2. The Morgan fingerprint density at radius 2 is 1.76 bits per heavy atom. The average Bonchev–Trinajstić information content (AvgIpc) is 3.35. The lowest BCUT2D eigenvalue weighted by Gasteiger charge is -2.37. The van der Waals surface area contributed by atoms with E-state index in [0.717, 1.165) is 10.4 Å². The van der Waals surface area contributed by atoms with Crippen LogP contribution in [0.1, 0.15) is 34.4 Å². The van der Waals surface area contributed by atoms with Gasteiger partial charge in [0.1, 0.15) is 11.4 Å². The number of para-hydroxylation sites is 1. The van der Waals surface area contributed by atoms with Crippen molar-refractivity contribution in [2.75, 3.05) is 50.6 Å². The number of anilines is 2. The molecule has 2 aromatic carbocycles. The maximum Gasteiger partial charge on any atom is 0.410 e. The Balaban J connectivity index is 1.40. The molecule has 2 aliphatic rings. The molecule has 1 amide bonds. The van der Waals surface area contributed by atoms with Gasteiger partial charge in [-0.25, -0.2) is 4.68 Å². The van der Waals surface area contributed by atoms with Gasteiger partial charge in [0.25, 0.3) is 5.91 Å². The van der Waals surface area contributed by atoms with E-state index in [0.29, 0.717) is 48.3 Å². The van der Waals surface area contributed by atoms with Crippen LogP contribution in [0.2, 0.25) is 5.02 Å². The number of nitrogens with zero attached hydrogens (tertiary/aromatic N) is 4. The molecule has 2 aliphatic heterocycles. The third-order valence-corrected chi connectivity index (χ3v) is 7.36. The monoisotopic (exact) mass is 549 g/mol. The molecule has 0 spiro atoms. The van der Waals surface area contributed by atoms with E-state index in [1.807, 2.05) is 24.3 Å². The van der Waals surface area contributed by atoms with Gasteiger partial charge in [0.15, 0.2) is 17.5 Å². The second-order valence-electron chi connectivity index (χ2n) is 9.19. The summed E-state index contributed by atoms with van der Waals surface area (Å²) in [4.78, 5) is 17.2. The number of halogens is 4. The fourth-order valence-corrected chi connectivity index (χ4v) is 5.29. The van der Waals surface area contributed by atoms with Crippen LogP contribution in [0.3, 0.4) is 0 Å². The maximum absolute atomic E-state index is 14.1. The van der Waals surface area contributed by atoms with Crippen LogP contribution in [0, 0.1) is 0 Å². The fraction of sp³-hybridized carbons (Fsp3) is 0.385. The number of benzene rings is 2. The number of ether oxygens (including phenoxy) is 2. The van der Waals surface area contributed by atoms with E-state index in [4.69, 9.17) is 21.1 Å². The van der Waals surface area contributed by atoms with Gasteiger partial charge in [-0.2, -0.15) is 18.3 Å². The lowest BCUT2D eigenvalue weighted by Crippen LogP contribution is -2.49. The lowest BCUT2D eigenvalue weighted by molar-refractivity contribution is -0.173. The number of hydrogen-bond donors (Lipinski definition) is 1. The number of carbonyl (C=O) groups is 1.